The van der Waals surface area contributed by atoms with E-state index in [1.54, 1.807) is 35.5 Å². The highest BCUT2D eigenvalue weighted by molar-refractivity contribution is 5.99. The molecule has 0 aromatic carbocycles. The van der Waals surface area contributed by atoms with Gasteiger partial charge in [-0.15, -0.1) is 0 Å². The SMILES string of the molecule is O=CN/C(=C\c1ccncc1)C(=O)N1CCCC1. The number of nitrogens with one attached hydrogen (secondary N) is 1. The number of carbonyl (C=O) groups excluding carboxylic acids is 2. The van der Waals surface area contributed by atoms with E-state index in [4.69, 9.17) is 0 Å². The van der Waals surface area contributed by atoms with Crippen molar-refractivity contribution in [2.45, 2.75) is 12.8 Å². The van der Waals surface area contributed by atoms with E-state index < -0.39 is 0 Å². The van der Waals surface area contributed by atoms with Crippen molar-refractivity contribution in [2.24, 2.45) is 0 Å². The quantitative estimate of drug-likeness (QED) is 0.630. The molecule has 18 heavy (non-hydrogen) atoms. The third-order valence-electron chi connectivity index (χ3n) is 2.86. The monoisotopic (exact) mass is 245 g/mol. The third-order valence-corrected chi connectivity index (χ3v) is 2.86. The summed E-state index contributed by atoms with van der Waals surface area (Å²) in [6.07, 6.45) is 7.53. The average molecular weight is 245 g/mol. The molecule has 2 amide bonds. The van der Waals surface area contributed by atoms with E-state index in [0.29, 0.717) is 12.1 Å². The molecule has 1 N–H and O–H groups in total. The van der Waals surface area contributed by atoms with Gasteiger partial charge < -0.3 is 10.2 Å². The van der Waals surface area contributed by atoms with Gasteiger partial charge in [-0.05, 0) is 36.6 Å². The molecule has 1 aliphatic rings. The van der Waals surface area contributed by atoms with Gasteiger partial charge in [0.15, 0.2) is 0 Å². The summed E-state index contributed by atoms with van der Waals surface area (Å²) >= 11 is 0. The van der Waals surface area contributed by atoms with Crippen LogP contribution >= 0.6 is 0 Å². The first-order chi connectivity index (χ1) is 8.81. The zero-order valence-corrected chi connectivity index (χ0v) is 10.0. The molecule has 0 spiro atoms. The first-order valence-corrected chi connectivity index (χ1v) is 5.92. The highest BCUT2D eigenvalue weighted by atomic mass is 16.2. The predicted molar refractivity (Wildman–Crippen MR) is 67.2 cm³/mol. The van der Waals surface area contributed by atoms with Crippen LogP contribution in [-0.2, 0) is 9.59 Å². The molecular weight excluding hydrogens is 230 g/mol. The standard InChI is InChI=1S/C13H15N3O2/c17-10-15-12(9-11-3-5-14-6-4-11)13(18)16-7-1-2-8-16/h3-6,9-10H,1-2,7-8H2,(H,15,17)/b12-9-. The number of hydrogen-bond donors (Lipinski definition) is 1. The van der Waals surface area contributed by atoms with E-state index in [9.17, 15) is 9.59 Å². The Balaban J connectivity index is 2.19. The van der Waals surface area contributed by atoms with Gasteiger partial charge in [-0.2, -0.15) is 0 Å². The van der Waals surface area contributed by atoms with Crippen molar-refractivity contribution in [1.82, 2.24) is 15.2 Å². The van der Waals surface area contributed by atoms with E-state index in [2.05, 4.69) is 10.3 Å². The van der Waals surface area contributed by atoms with E-state index in [-0.39, 0.29) is 5.91 Å². The maximum absolute atomic E-state index is 12.2. The molecule has 1 aliphatic heterocycles. The normalized spacial score (nSPS) is 15.6. The maximum atomic E-state index is 12.2. The molecule has 94 valence electrons. The summed E-state index contributed by atoms with van der Waals surface area (Å²) in [6, 6.07) is 3.56. The van der Waals surface area contributed by atoms with Crippen LogP contribution in [0.5, 0.6) is 0 Å². The molecule has 0 saturated carbocycles. The third kappa shape index (κ3) is 2.94. The number of likely N-dealkylation sites (tertiary alicyclic amines) is 1. The predicted octanol–water partition coefficient (Wildman–Crippen LogP) is 0.791. The number of nitrogens with zero attached hydrogens (tertiary/aromatic N) is 2. The number of hydrogen-bond acceptors (Lipinski definition) is 3. The van der Waals surface area contributed by atoms with Crippen LogP contribution in [0.15, 0.2) is 30.2 Å². The van der Waals surface area contributed by atoms with Gasteiger partial charge in [0.1, 0.15) is 5.70 Å². The lowest BCUT2D eigenvalue weighted by molar-refractivity contribution is -0.127. The zero-order chi connectivity index (χ0) is 12.8. The molecule has 0 bridgehead atoms. The number of rotatable bonds is 4. The molecule has 0 aliphatic carbocycles. The van der Waals surface area contributed by atoms with Gasteiger partial charge in [-0.25, -0.2) is 0 Å². The average Bonchev–Trinajstić information content (AvgIpc) is 2.92. The lowest BCUT2D eigenvalue weighted by Crippen LogP contribution is -2.33. The van der Waals surface area contributed by atoms with Crippen LogP contribution in [0.1, 0.15) is 18.4 Å². The molecule has 1 fully saturated rings. The zero-order valence-electron chi connectivity index (χ0n) is 10.0. The van der Waals surface area contributed by atoms with Gasteiger partial charge in [0.2, 0.25) is 6.41 Å². The molecule has 5 nitrogen and oxygen atoms in total. The van der Waals surface area contributed by atoms with E-state index in [1.165, 1.54) is 0 Å². The first kappa shape index (κ1) is 12.3. The molecule has 1 aromatic heterocycles. The molecule has 0 atom stereocenters. The molecule has 0 radical (unpaired) electrons. The van der Waals surface area contributed by atoms with Crippen molar-refractivity contribution in [1.29, 1.82) is 0 Å². The van der Waals surface area contributed by atoms with Crippen molar-refractivity contribution in [3.63, 3.8) is 0 Å². The van der Waals surface area contributed by atoms with E-state index in [0.717, 1.165) is 31.5 Å². The van der Waals surface area contributed by atoms with Gasteiger partial charge in [0.25, 0.3) is 5.91 Å². The smallest absolute Gasteiger partial charge is 0.270 e. The summed E-state index contributed by atoms with van der Waals surface area (Å²) in [5.41, 5.74) is 1.14. The fourth-order valence-electron chi connectivity index (χ4n) is 1.95. The van der Waals surface area contributed by atoms with Crippen molar-refractivity contribution >= 4 is 18.4 Å². The van der Waals surface area contributed by atoms with Crippen molar-refractivity contribution in [3.8, 4) is 0 Å². The Morgan fingerprint density at radius 3 is 2.56 bits per heavy atom. The largest absolute Gasteiger partial charge is 0.337 e. The van der Waals surface area contributed by atoms with Crippen LogP contribution in [0.25, 0.3) is 6.08 Å². The summed E-state index contributed by atoms with van der Waals surface area (Å²) in [5.74, 6) is -0.128. The summed E-state index contributed by atoms with van der Waals surface area (Å²) in [5, 5.41) is 2.48. The minimum Gasteiger partial charge on any atom is -0.337 e. The van der Waals surface area contributed by atoms with Gasteiger partial charge in [0, 0.05) is 25.5 Å². The van der Waals surface area contributed by atoms with Gasteiger partial charge in [0.05, 0.1) is 0 Å². The van der Waals surface area contributed by atoms with E-state index >= 15 is 0 Å². The van der Waals surface area contributed by atoms with Crippen molar-refractivity contribution in [2.75, 3.05) is 13.1 Å². The van der Waals surface area contributed by atoms with Gasteiger partial charge >= 0.3 is 0 Å². The van der Waals surface area contributed by atoms with Gasteiger partial charge in [-0.3, -0.25) is 14.6 Å². The number of pyridine rings is 1. The van der Waals surface area contributed by atoms with Crippen LogP contribution in [0.3, 0.4) is 0 Å². The maximum Gasteiger partial charge on any atom is 0.270 e. The fourth-order valence-corrected chi connectivity index (χ4v) is 1.95. The van der Waals surface area contributed by atoms with Gasteiger partial charge in [-0.1, -0.05) is 0 Å². The van der Waals surface area contributed by atoms with Crippen LogP contribution in [-0.4, -0.2) is 35.3 Å². The Labute approximate surface area is 106 Å². The van der Waals surface area contributed by atoms with Crippen LogP contribution in [0.2, 0.25) is 0 Å². The minimum atomic E-state index is -0.128. The highest BCUT2D eigenvalue weighted by Crippen LogP contribution is 2.12. The summed E-state index contributed by atoms with van der Waals surface area (Å²) in [6.45, 7) is 1.51. The lowest BCUT2D eigenvalue weighted by atomic mass is 10.2. The van der Waals surface area contributed by atoms with Crippen LogP contribution < -0.4 is 5.32 Å². The van der Waals surface area contributed by atoms with Crippen LogP contribution in [0, 0.1) is 0 Å². The first-order valence-electron chi connectivity index (χ1n) is 5.92. The molecule has 5 heteroatoms. The Hall–Kier alpha value is -2.17. The summed E-state index contributed by atoms with van der Waals surface area (Å²) in [4.78, 5) is 28.4. The van der Waals surface area contributed by atoms with Crippen molar-refractivity contribution < 1.29 is 9.59 Å². The minimum absolute atomic E-state index is 0.128. The molecular formula is C13H15N3O2. The molecule has 2 rings (SSSR count). The fraction of sp³-hybridized carbons (Fsp3) is 0.308. The molecule has 1 aromatic rings. The molecule has 2 heterocycles. The Kier molecular flexibility index (Phi) is 4.06. The number of aromatic nitrogens is 1. The topological polar surface area (TPSA) is 62.3 Å². The Bertz CT molecular complexity index is 451. The summed E-state index contributed by atoms with van der Waals surface area (Å²) in [7, 11) is 0. The number of amides is 2. The Morgan fingerprint density at radius 1 is 1.28 bits per heavy atom. The Morgan fingerprint density at radius 2 is 1.94 bits per heavy atom. The lowest BCUT2D eigenvalue weighted by Gasteiger charge is -2.16. The second kappa shape index (κ2) is 5.95. The molecule has 0 unspecified atom stereocenters. The van der Waals surface area contributed by atoms with Crippen molar-refractivity contribution in [3.05, 3.63) is 35.8 Å². The second-order valence-corrected chi connectivity index (χ2v) is 4.10. The summed E-state index contributed by atoms with van der Waals surface area (Å²) < 4.78 is 0. The van der Waals surface area contributed by atoms with E-state index in [1.807, 2.05) is 0 Å². The molecule has 1 saturated heterocycles. The van der Waals surface area contributed by atoms with Crippen LogP contribution in [0.4, 0.5) is 0 Å². The second-order valence-electron chi connectivity index (χ2n) is 4.10. The highest BCUT2D eigenvalue weighted by Gasteiger charge is 2.21. The number of carbonyl (C=O) groups is 2.